The summed E-state index contributed by atoms with van der Waals surface area (Å²) in [6.45, 7) is 1.33. The average molecular weight is 351 g/mol. The van der Waals surface area contributed by atoms with Gasteiger partial charge in [-0.2, -0.15) is 0 Å². The molecule has 2 aromatic carbocycles. The van der Waals surface area contributed by atoms with Gasteiger partial charge < -0.3 is 14.8 Å². The van der Waals surface area contributed by atoms with Crippen molar-refractivity contribution in [1.29, 1.82) is 0 Å². The highest BCUT2D eigenvalue weighted by atomic mass is 16.6. The maximum Gasteiger partial charge on any atom is 0.269 e. The third kappa shape index (κ3) is 3.23. The predicted molar refractivity (Wildman–Crippen MR) is 95.3 cm³/mol. The summed E-state index contributed by atoms with van der Waals surface area (Å²) >= 11 is 0. The zero-order valence-electron chi connectivity index (χ0n) is 14.0. The Morgan fingerprint density at radius 3 is 2.81 bits per heavy atom. The highest BCUT2D eigenvalue weighted by Gasteiger charge is 2.13. The lowest BCUT2D eigenvalue weighted by Crippen LogP contribution is -2.32. The number of hydrogen-bond acceptors (Lipinski definition) is 5. The van der Waals surface area contributed by atoms with Gasteiger partial charge >= 0.3 is 0 Å². The van der Waals surface area contributed by atoms with Crippen LogP contribution in [0.15, 0.2) is 53.5 Å². The highest BCUT2D eigenvalue weighted by molar-refractivity contribution is 5.79. The van der Waals surface area contributed by atoms with Crippen molar-refractivity contribution in [2.45, 2.75) is 13.1 Å². The van der Waals surface area contributed by atoms with Crippen LogP contribution >= 0.6 is 0 Å². The molecule has 0 saturated heterocycles. The summed E-state index contributed by atoms with van der Waals surface area (Å²) in [5.74, 6) is 1.14. The Labute approximate surface area is 149 Å². The van der Waals surface area contributed by atoms with Crippen molar-refractivity contribution >= 4 is 16.9 Å². The summed E-state index contributed by atoms with van der Waals surface area (Å²) in [4.78, 5) is 28.5. The molecule has 1 aliphatic heterocycles. The van der Waals surface area contributed by atoms with Crippen molar-refractivity contribution in [3.05, 3.63) is 64.6 Å². The molecule has 1 N–H and O–H groups in total. The lowest BCUT2D eigenvalue weighted by molar-refractivity contribution is -0.121. The van der Waals surface area contributed by atoms with Gasteiger partial charge in [-0.05, 0) is 29.8 Å². The van der Waals surface area contributed by atoms with Gasteiger partial charge in [0.25, 0.3) is 5.56 Å². The molecule has 3 aromatic rings. The smallest absolute Gasteiger partial charge is 0.269 e. The first-order chi connectivity index (χ1) is 12.7. The zero-order valence-corrected chi connectivity index (χ0v) is 14.0. The fourth-order valence-corrected chi connectivity index (χ4v) is 2.88. The van der Waals surface area contributed by atoms with Crippen LogP contribution in [0.2, 0.25) is 0 Å². The van der Waals surface area contributed by atoms with Crippen LogP contribution in [0.25, 0.3) is 11.0 Å². The zero-order chi connectivity index (χ0) is 17.9. The van der Waals surface area contributed by atoms with Crippen molar-refractivity contribution in [3.63, 3.8) is 0 Å². The predicted octanol–water partition coefficient (Wildman–Crippen LogP) is 1.48. The first kappa shape index (κ1) is 16.1. The van der Waals surface area contributed by atoms with Gasteiger partial charge in [-0.15, -0.1) is 0 Å². The number of amides is 1. The summed E-state index contributed by atoms with van der Waals surface area (Å²) < 4.78 is 12.4. The van der Waals surface area contributed by atoms with E-state index in [2.05, 4.69) is 10.3 Å². The molecule has 0 fully saturated rings. The molecule has 7 nitrogen and oxygen atoms in total. The number of hydrogen-bond donors (Lipinski definition) is 1. The Balaban J connectivity index is 1.47. The maximum absolute atomic E-state index is 12.3. The van der Waals surface area contributed by atoms with Crippen molar-refractivity contribution in [2.75, 3.05) is 13.2 Å². The second-order valence-corrected chi connectivity index (χ2v) is 5.93. The number of benzene rings is 2. The van der Waals surface area contributed by atoms with Gasteiger partial charge in [0, 0.05) is 6.54 Å². The molecule has 2 heterocycles. The number of carbonyl (C=O) groups excluding carboxylic acids is 1. The van der Waals surface area contributed by atoms with E-state index in [-0.39, 0.29) is 18.0 Å². The van der Waals surface area contributed by atoms with E-state index in [1.165, 1.54) is 10.8 Å². The fourth-order valence-electron chi connectivity index (χ4n) is 2.88. The SMILES string of the molecule is O=C(Cn1c(=O)cnc2ccccc21)NCc1ccc2c(c1)OCCO2. The molecule has 26 heavy (non-hydrogen) atoms. The number of ether oxygens (including phenoxy) is 2. The lowest BCUT2D eigenvalue weighted by Gasteiger charge is -2.19. The van der Waals surface area contributed by atoms with Crippen molar-refractivity contribution in [2.24, 2.45) is 0 Å². The van der Waals surface area contributed by atoms with Crippen LogP contribution < -0.4 is 20.3 Å². The van der Waals surface area contributed by atoms with Crippen LogP contribution in [0.4, 0.5) is 0 Å². The highest BCUT2D eigenvalue weighted by Crippen LogP contribution is 2.30. The molecular formula is C19H17N3O4. The average Bonchev–Trinajstić information content (AvgIpc) is 2.68. The minimum absolute atomic E-state index is 0.0631. The van der Waals surface area contributed by atoms with E-state index < -0.39 is 0 Å². The topological polar surface area (TPSA) is 82.5 Å². The van der Waals surface area contributed by atoms with Gasteiger partial charge in [-0.1, -0.05) is 18.2 Å². The summed E-state index contributed by atoms with van der Waals surface area (Å²) in [5, 5.41) is 2.83. The number of nitrogens with one attached hydrogen (secondary N) is 1. The van der Waals surface area contributed by atoms with Gasteiger partial charge in [0.15, 0.2) is 11.5 Å². The first-order valence-corrected chi connectivity index (χ1v) is 8.30. The second kappa shape index (κ2) is 6.87. The monoisotopic (exact) mass is 351 g/mol. The van der Waals surface area contributed by atoms with Gasteiger partial charge in [-0.25, -0.2) is 4.98 Å². The van der Waals surface area contributed by atoms with Gasteiger partial charge in [-0.3, -0.25) is 14.2 Å². The van der Waals surface area contributed by atoms with Gasteiger partial charge in [0.05, 0.1) is 17.2 Å². The Hall–Kier alpha value is -3.35. The molecule has 7 heteroatoms. The number of aromatic nitrogens is 2. The van der Waals surface area contributed by atoms with Crippen molar-refractivity contribution in [1.82, 2.24) is 14.9 Å². The first-order valence-electron chi connectivity index (χ1n) is 8.30. The number of nitrogens with zero attached hydrogens (tertiary/aromatic N) is 2. The van der Waals surface area contributed by atoms with Crippen LogP contribution in [0.5, 0.6) is 11.5 Å². The van der Waals surface area contributed by atoms with Crippen molar-refractivity contribution < 1.29 is 14.3 Å². The largest absolute Gasteiger partial charge is 0.486 e. The van der Waals surface area contributed by atoms with Crippen LogP contribution in [0.1, 0.15) is 5.56 Å². The van der Waals surface area contributed by atoms with Crippen LogP contribution in [0.3, 0.4) is 0 Å². The van der Waals surface area contributed by atoms with E-state index in [1.807, 2.05) is 30.3 Å². The van der Waals surface area contributed by atoms with E-state index >= 15 is 0 Å². The standard InChI is InChI=1S/C19H17N3O4/c23-18(12-22-15-4-2-1-3-14(15)20-11-19(22)24)21-10-13-5-6-16-17(9-13)26-8-7-25-16/h1-6,9,11H,7-8,10,12H2,(H,21,23). The molecule has 0 saturated carbocycles. The minimum atomic E-state index is -0.307. The molecular weight excluding hydrogens is 334 g/mol. The third-order valence-electron chi connectivity index (χ3n) is 4.15. The van der Waals surface area contributed by atoms with E-state index in [9.17, 15) is 9.59 Å². The molecule has 1 amide bonds. The number of para-hydroxylation sites is 2. The van der Waals surface area contributed by atoms with Crippen LogP contribution in [-0.2, 0) is 17.9 Å². The molecule has 0 bridgehead atoms. The summed E-state index contributed by atoms with van der Waals surface area (Å²) in [6, 6.07) is 12.8. The maximum atomic E-state index is 12.3. The number of rotatable bonds is 4. The van der Waals surface area contributed by atoms with Crippen molar-refractivity contribution in [3.8, 4) is 11.5 Å². The molecule has 0 spiro atoms. The Morgan fingerprint density at radius 2 is 1.92 bits per heavy atom. The summed E-state index contributed by atoms with van der Waals surface area (Å²) in [5.41, 5.74) is 1.90. The second-order valence-electron chi connectivity index (χ2n) is 5.93. The number of fused-ring (bicyclic) bond motifs is 2. The molecule has 0 atom stereocenters. The summed E-state index contributed by atoms with van der Waals surface area (Å²) in [6.07, 6.45) is 1.23. The third-order valence-corrected chi connectivity index (χ3v) is 4.15. The molecule has 1 aromatic heterocycles. The molecule has 132 valence electrons. The van der Waals surface area contributed by atoms with Gasteiger partial charge in [0.1, 0.15) is 19.8 Å². The van der Waals surface area contributed by atoms with E-state index in [0.29, 0.717) is 42.3 Å². The minimum Gasteiger partial charge on any atom is -0.486 e. The molecule has 4 rings (SSSR count). The van der Waals surface area contributed by atoms with Gasteiger partial charge in [0.2, 0.25) is 5.91 Å². The Kier molecular flexibility index (Phi) is 4.27. The molecule has 0 radical (unpaired) electrons. The van der Waals surface area contributed by atoms with E-state index in [1.54, 1.807) is 12.1 Å². The Bertz CT molecular complexity index is 1030. The molecule has 1 aliphatic rings. The summed E-state index contributed by atoms with van der Waals surface area (Å²) in [7, 11) is 0. The quantitative estimate of drug-likeness (QED) is 0.770. The van der Waals surface area contributed by atoms with Crippen LogP contribution in [-0.4, -0.2) is 28.7 Å². The molecule has 0 unspecified atom stereocenters. The van der Waals surface area contributed by atoms with E-state index in [0.717, 1.165) is 5.56 Å². The normalized spacial score (nSPS) is 12.8. The van der Waals surface area contributed by atoms with Crippen LogP contribution in [0, 0.1) is 0 Å². The molecule has 0 aliphatic carbocycles. The Morgan fingerprint density at radius 1 is 1.12 bits per heavy atom. The fraction of sp³-hybridized carbons (Fsp3) is 0.211. The number of carbonyl (C=O) groups is 1. The van der Waals surface area contributed by atoms with E-state index in [4.69, 9.17) is 9.47 Å². The lowest BCUT2D eigenvalue weighted by atomic mass is 10.2.